The van der Waals surface area contributed by atoms with Crippen molar-refractivity contribution in [1.29, 1.82) is 0 Å². The molecule has 2 rings (SSSR count). The van der Waals surface area contributed by atoms with Crippen LogP contribution in [0.1, 0.15) is 23.2 Å². The van der Waals surface area contributed by atoms with E-state index in [1.165, 1.54) is 7.11 Å². The Balaban J connectivity index is 1.79. The van der Waals surface area contributed by atoms with Gasteiger partial charge < -0.3 is 15.2 Å². The lowest BCUT2D eigenvalue weighted by atomic mass is 10.1. The lowest BCUT2D eigenvalue weighted by Crippen LogP contribution is -2.44. The highest BCUT2D eigenvalue weighted by molar-refractivity contribution is 5.97. The quantitative estimate of drug-likeness (QED) is 0.592. The number of hydrogen-bond donors (Lipinski definition) is 1. The van der Waals surface area contributed by atoms with E-state index in [2.05, 4.69) is 9.64 Å². The largest absolute Gasteiger partial charge is 0.468 e. The van der Waals surface area contributed by atoms with Crippen molar-refractivity contribution < 1.29 is 19.1 Å². The van der Waals surface area contributed by atoms with E-state index in [1.54, 1.807) is 0 Å². The van der Waals surface area contributed by atoms with E-state index in [0.717, 1.165) is 24.9 Å². The van der Waals surface area contributed by atoms with Crippen molar-refractivity contribution in [3.05, 3.63) is 35.9 Å². The molecule has 0 saturated carbocycles. The maximum Gasteiger partial charge on any atom is 0.325 e. The number of carbonyl (C=O) groups excluding carboxylic acids is 2. The van der Waals surface area contributed by atoms with Gasteiger partial charge in [-0.25, -0.2) is 0 Å². The SMILES string of the molecule is COC(=O)C(N)COC1CCCN(CC(=O)c2ccccc2)C1. The van der Waals surface area contributed by atoms with Gasteiger partial charge in [0.1, 0.15) is 6.04 Å². The first-order valence-electron chi connectivity index (χ1n) is 7.85. The Morgan fingerprint density at radius 2 is 2.09 bits per heavy atom. The Labute approximate surface area is 136 Å². The lowest BCUT2D eigenvalue weighted by Gasteiger charge is -2.32. The summed E-state index contributed by atoms with van der Waals surface area (Å²) >= 11 is 0. The fraction of sp³-hybridized carbons (Fsp3) is 0.529. The van der Waals surface area contributed by atoms with E-state index in [0.29, 0.717) is 13.1 Å². The molecule has 0 aromatic heterocycles. The van der Waals surface area contributed by atoms with Crippen LogP contribution >= 0.6 is 0 Å². The van der Waals surface area contributed by atoms with Gasteiger partial charge in [0.15, 0.2) is 5.78 Å². The number of esters is 1. The number of hydrogen-bond acceptors (Lipinski definition) is 6. The summed E-state index contributed by atoms with van der Waals surface area (Å²) in [7, 11) is 1.31. The van der Waals surface area contributed by atoms with Crippen LogP contribution in [-0.4, -0.2) is 62.1 Å². The Kier molecular flexibility index (Phi) is 6.70. The van der Waals surface area contributed by atoms with Crippen molar-refractivity contribution >= 4 is 11.8 Å². The highest BCUT2D eigenvalue weighted by Gasteiger charge is 2.24. The number of benzene rings is 1. The summed E-state index contributed by atoms with van der Waals surface area (Å²) in [6.07, 6.45) is 1.85. The Morgan fingerprint density at radius 3 is 2.78 bits per heavy atom. The number of piperidine rings is 1. The fourth-order valence-electron chi connectivity index (χ4n) is 2.67. The molecule has 0 spiro atoms. The van der Waals surface area contributed by atoms with Gasteiger partial charge in [-0.15, -0.1) is 0 Å². The van der Waals surface area contributed by atoms with Crippen molar-refractivity contribution in [3.63, 3.8) is 0 Å². The maximum absolute atomic E-state index is 12.3. The zero-order valence-corrected chi connectivity index (χ0v) is 13.4. The van der Waals surface area contributed by atoms with Crippen LogP contribution in [0.4, 0.5) is 0 Å². The van der Waals surface area contributed by atoms with Crippen LogP contribution in [0.15, 0.2) is 30.3 Å². The third-order valence-electron chi connectivity index (χ3n) is 3.94. The van der Waals surface area contributed by atoms with E-state index in [4.69, 9.17) is 10.5 Å². The van der Waals surface area contributed by atoms with Gasteiger partial charge in [-0.2, -0.15) is 0 Å². The van der Waals surface area contributed by atoms with Crippen LogP contribution in [0, 0.1) is 0 Å². The molecule has 0 aliphatic carbocycles. The van der Waals surface area contributed by atoms with E-state index < -0.39 is 12.0 Å². The number of carbonyl (C=O) groups is 2. The minimum absolute atomic E-state index is 0.0111. The van der Waals surface area contributed by atoms with Gasteiger partial charge >= 0.3 is 5.97 Å². The zero-order chi connectivity index (χ0) is 16.7. The van der Waals surface area contributed by atoms with Gasteiger partial charge in [-0.1, -0.05) is 30.3 Å². The van der Waals surface area contributed by atoms with Crippen LogP contribution < -0.4 is 5.73 Å². The predicted octanol–water partition coefficient (Wildman–Crippen LogP) is 0.851. The molecule has 1 aromatic rings. The number of ketones is 1. The van der Waals surface area contributed by atoms with Crippen molar-refractivity contribution in [2.45, 2.75) is 25.0 Å². The van der Waals surface area contributed by atoms with Crippen LogP contribution in [0.25, 0.3) is 0 Å². The van der Waals surface area contributed by atoms with E-state index in [9.17, 15) is 9.59 Å². The molecule has 1 saturated heterocycles. The predicted molar refractivity (Wildman–Crippen MR) is 86.2 cm³/mol. The molecule has 1 aromatic carbocycles. The van der Waals surface area contributed by atoms with Crippen molar-refractivity contribution in [2.75, 3.05) is 33.4 Å². The summed E-state index contributed by atoms with van der Waals surface area (Å²) in [5.41, 5.74) is 6.39. The molecule has 126 valence electrons. The minimum Gasteiger partial charge on any atom is -0.468 e. The Morgan fingerprint density at radius 1 is 1.35 bits per heavy atom. The van der Waals surface area contributed by atoms with Crippen LogP contribution in [0.2, 0.25) is 0 Å². The summed E-state index contributed by atoms with van der Waals surface area (Å²) in [5, 5.41) is 0. The highest BCUT2D eigenvalue weighted by atomic mass is 16.5. The second-order valence-electron chi connectivity index (χ2n) is 5.75. The molecule has 2 atom stereocenters. The summed E-state index contributed by atoms with van der Waals surface area (Å²) in [6.45, 7) is 2.07. The number of likely N-dealkylation sites (tertiary alicyclic amines) is 1. The van der Waals surface area contributed by atoms with Gasteiger partial charge in [-0.05, 0) is 19.4 Å². The van der Waals surface area contributed by atoms with Crippen LogP contribution in [0.5, 0.6) is 0 Å². The number of methoxy groups -OCH3 is 1. The lowest BCUT2D eigenvalue weighted by molar-refractivity contribution is -0.144. The van der Waals surface area contributed by atoms with Gasteiger partial charge in [0.05, 0.1) is 26.4 Å². The average Bonchev–Trinajstić information content (AvgIpc) is 2.60. The molecule has 23 heavy (non-hydrogen) atoms. The number of ether oxygens (including phenoxy) is 2. The standard InChI is InChI=1S/C17H24N2O4/c1-22-17(21)15(18)12-23-14-8-5-9-19(10-14)11-16(20)13-6-3-2-4-7-13/h2-4,6-7,14-15H,5,8-12,18H2,1H3. The van der Waals surface area contributed by atoms with Crippen LogP contribution in [0.3, 0.4) is 0 Å². The molecule has 2 unspecified atom stereocenters. The third kappa shape index (κ3) is 5.42. The molecule has 0 radical (unpaired) electrons. The molecule has 1 fully saturated rings. The summed E-state index contributed by atoms with van der Waals surface area (Å²) in [6, 6.07) is 8.52. The summed E-state index contributed by atoms with van der Waals surface area (Å²) in [5.74, 6) is -0.366. The van der Waals surface area contributed by atoms with Crippen molar-refractivity contribution in [3.8, 4) is 0 Å². The van der Waals surface area contributed by atoms with Gasteiger partial charge in [0.25, 0.3) is 0 Å². The first-order valence-corrected chi connectivity index (χ1v) is 7.85. The first kappa shape index (κ1) is 17.6. The van der Waals surface area contributed by atoms with Crippen LogP contribution in [-0.2, 0) is 14.3 Å². The smallest absolute Gasteiger partial charge is 0.325 e. The molecule has 2 N–H and O–H groups in total. The van der Waals surface area contributed by atoms with E-state index >= 15 is 0 Å². The number of rotatable bonds is 7. The normalized spacial score (nSPS) is 20.0. The molecule has 1 heterocycles. The molecule has 6 nitrogen and oxygen atoms in total. The molecular weight excluding hydrogens is 296 g/mol. The second kappa shape index (κ2) is 8.76. The zero-order valence-electron chi connectivity index (χ0n) is 13.4. The number of Topliss-reactive ketones (excluding diaryl/α,β-unsaturated/α-hetero) is 1. The Hall–Kier alpha value is -1.76. The fourth-order valence-corrected chi connectivity index (χ4v) is 2.67. The molecule has 6 heteroatoms. The Bertz CT molecular complexity index is 521. The number of nitrogens with two attached hydrogens (primary N) is 1. The topological polar surface area (TPSA) is 81.9 Å². The number of nitrogens with zero attached hydrogens (tertiary/aromatic N) is 1. The highest BCUT2D eigenvalue weighted by Crippen LogP contribution is 2.14. The minimum atomic E-state index is -0.763. The molecule has 0 bridgehead atoms. The first-order chi connectivity index (χ1) is 11.1. The maximum atomic E-state index is 12.3. The van der Waals surface area contributed by atoms with Crippen molar-refractivity contribution in [1.82, 2.24) is 4.90 Å². The monoisotopic (exact) mass is 320 g/mol. The van der Waals surface area contributed by atoms with E-state index in [1.807, 2.05) is 30.3 Å². The summed E-state index contributed by atoms with van der Waals surface area (Å²) < 4.78 is 10.3. The molecule has 1 aliphatic heterocycles. The van der Waals surface area contributed by atoms with Gasteiger partial charge in [-0.3, -0.25) is 14.5 Å². The molecule has 0 amide bonds. The average molecular weight is 320 g/mol. The van der Waals surface area contributed by atoms with Crippen molar-refractivity contribution in [2.24, 2.45) is 5.73 Å². The molecular formula is C17H24N2O4. The second-order valence-corrected chi connectivity index (χ2v) is 5.75. The third-order valence-corrected chi connectivity index (χ3v) is 3.94. The summed E-state index contributed by atoms with van der Waals surface area (Å²) in [4.78, 5) is 25.6. The van der Waals surface area contributed by atoms with Gasteiger partial charge in [0.2, 0.25) is 0 Å². The van der Waals surface area contributed by atoms with E-state index in [-0.39, 0.29) is 18.5 Å². The molecule has 1 aliphatic rings. The van der Waals surface area contributed by atoms with Gasteiger partial charge in [0, 0.05) is 12.1 Å².